The summed E-state index contributed by atoms with van der Waals surface area (Å²) in [5.74, 6) is -0.899. The smallest absolute Gasteiger partial charge is 0.329 e. The van der Waals surface area contributed by atoms with Crippen LogP contribution in [0.15, 0.2) is 4.99 Å². The molecule has 0 aliphatic carbocycles. The molecule has 1 aliphatic heterocycles. The van der Waals surface area contributed by atoms with Crippen molar-refractivity contribution in [2.45, 2.75) is 19.1 Å². The Morgan fingerprint density at radius 3 is 2.83 bits per heavy atom. The van der Waals surface area contributed by atoms with E-state index in [-0.39, 0.29) is 0 Å². The summed E-state index contributed by atoms with van der Waals surface area (Å²) in [5.41, 5.74) is 0. The van der Waals surface area contributed by atoms with Crippen LogP contribution in [0.3, 0.4) is 0 Å². The SMILES string of the molecule is CCOC(=O)[C@H]1SC(C)=NC1=O. The predicted octanol–water partition coefficient (Wildman–Crippen LogP) is 0.610. The highest BCUT2D eigenvalue weighted by atomic mass is 32.2. The van der Waals surface area contributed by atoms with Gasteiger partial charge >= 0.3 is 5.97 Å². The molecule has 66 valence electrons. The number of esters is 1. The molecule has 1 amide bonds. The van der Waals surface area contributed by atoms with E-state index in [2.05, 4.69) is 4.99 Å². The molecule has 0 fully saturated rings. The number of amides is 1. The molecule has 0 N–H and O–H groups in total. The maximum absolute atomic E-state index is 11.1. The van der Waals surface area contributed by atoms with Gasteiger partial charge in [-0.2, -0.15) is 0 Å². The van der Waals surface area contributed by atoms with Gasteiger partial charge in [0.25, 0.3) is 5.91 Å². The number of ether oxygens (including phenoxy) is 1. The summed E-state index contributed by atoms with van der Waals surface area (Å²) in [5, 5.41) is -0.136. The first-order valence-corrected chi connectivity index (χ1v) is 4.45. The number of thioether (sulfide) groups is 1. The van der Waals surface area contributed by atoms with Crippen LogP contribution in [0.5, 0.6) is 0 Å². The van der Waals surface area contributed by atoms with E-state index in [0.29, 0.717) is 11.7 Å². The average Bonchev–Trinajstić information content (AvgIpc) is 2.30. The number of carbonyl (C=O) groups is 2. The van der Waals surface area contributed by atoms with Crippen molar-refractivity contribution in [3.05, 3.63) is 0 Å². The predicted molar refractivity (Wildman–Crippen MR) is 46.1 cm³/mol. The van der Waals surface area contributed by atoms with Crippen LogP contribution < -0.4 is 0 Å². The van der Waals surface area contributed by atoms with Crippen molar-refractivity contribution < 1.29 is 14.3 Å². The Morgan fingerprint density at radius 2 is 2.42 bits per heavy atom. The van der Waals surface area contributed by atoms with Gasteiger partial charge in [0.15, 0.2) is 5.25 Å². The van der Waals surface area contributed by atoms with Gasteiger partial charge < -0.3 is 4.74 Å². The van der Waals surface area contributed by atoms with Gasteiger partial charge in [0.2, 0.25) is 0 Å². The maximum Gasteiger partial charge on any atom is 0.329 e. The molecule has 0 bridgehead atoms. The Hall–Kier alpha value is -0.840. The summed E-state index contributed by atoms with van der Waals surface area (Å²) in [6.07, 6.45) is 0. The lowest BCUT2D eigenvalue weighted by Crippen LogP contribution is -2.24. The molecule has 0 aromatic carbocycles. The molecular weight excluding hydrogens is 178 g/mol. The van der Waals surface area contributed by atoms with Gasteiger partial charge in [-0.25, -0.2) is 4.99 Å². The van der Waals surface area contributed by atoms with Crippen molar-refractivity contribution in [3.8, 4) is 0 Å². The van der Waals surface area contributed by atoms with E-state index in [1.54, 1.807) is 13.8 Å². The highest BCUT2D eigenvalue weighted by molar-refractivity contribution is 8.16. The summed E-state index contributed by atoms with van der Waals surface area (Å²) in [4.78, 5) is 25.7. The Morgan fingerprint density at radius 1 is 1.75 bits per heavy atom. The minimum absolute atomic E-state index is 0.294. The molecular formula is C7H9NO3S. The van der Waals surface area contributed by atoms with Gasteiger partial charge in [-0.3, -0.25) is 9.59 Å². The van der Waals surface area contributed by atoms with Crippen LogP contribution in [0.2, 0.25) is 0 Å². The number of rotatable bonds is 2. The molecule has 12 heavy (non-hydrogen) atoms. The normalized spacial score (nSPS) is 22.3. The molecule has 4 nitrogen and oxygen atoms in total. The molecule has 5 heteroatoms. The van der Waals surface area contributed by atoms with E-state index in [4.69, 9.17) is 4.74 Å². The van der Waals surface area contributed by atoms with Crippen LogP contribution in [0, 0.1) is 0 Å². The Labute approximate surface area is 74.4 Å². The van der Waals surface area contributed by atoms with Crippen molar-refractivity contribution in [2.24, 2.45) is 4.99 Å². The Kier molecular flexibility index (Phi) is 2.86. The molecule has 0 saturated carbocycles. The van der Waals surface area contributed by atoms with Crippen molar-refractivity contribution in [2.75, 3.05) is 6.61 Å². The molecule has 1 aliphatic rings. The molecule has 1 rings (SSSR count). The first-order chi connectivity index (χ1) is 5.65. The van der Waals surface area contributed by atoms with Crippen LogP contribution in [-0.2, 0) is 14.3 Å². The van der Waals surface area contributed by atoms with Crippen LogP contribution in [0.1, 0.15) is 13.8 Å². The lowest BCUT2D eigenvalue weighted by molar-refractivity contribution is -0.144. The third-order valence-electron chi connectivity index (χ3n) is 1.28. The zero-order valence-corrected chi connectivity index (χ0v) is 7.68. The molecule has 0 aromatic heterocycles. The first-order valence-electron chi connectivity index (χ1n) is 3.57. The number of hydrogen-bond donors (Lipinski definition) is 0. The van der Waals surface area contributed by atoms with E-state index in [1.165, 1.54) is 0 Å². The highest BCUT2D eigenvalue weighted by Gasteiger charge is 2.33. The van der Waals surface area contributed by atoms with Gasteiger partial charge in [0, 0.05) is 0 Å². The third-order valence-corrected chi connectivity index (χ3v) is 2.34. The minimum Gasteiger partial charge on any atom is -0.465 e. The van der Waals surface area contributed by atoms with Gasteiger partial charge in [0.05, 0.1) is 11.7 Å². The minimum atomic E-state index is -0.759. The molecule has 0 radical (unpaired) electrons. The zero-order chi connectivity index (χ0) is 9.14. The van der Waals surface area contributed by atoms with Crippen LogP contribution in [-0.4, -0.2) is 28.8 Å². The standard InChI is InChI=1S/C7H9NO3S/c1-3-11-7(10)5-6(9)8-4(2)12-5/h5H,3H2,1-2H3/t5-/m0/s1. The molecule has 1 heterocycles. The van der Waals surface area contributed by atoms with Crippen LogP contribution in [0.4, 0.5) is 0 Å². The second-order valence-electron chi connectivity index (χ2n) is 2.22. The lowest BCUT2D eigenvalue weighted by atomic mass is 10.4. The third kappa shape index (κ3) is 1.85. The second-order valence-corrected chi connectivity index (χ2v) is 3.52. The number of nitrogens with zero attached hydrogens (tertiary/aromatic N) is 1. The molecule has 0 spiro atoms. The summed E-state index contributed by atoms with van der Waals surface area (Å²) < 4.78 is 4.69. The fraction of sp³-hybridized carbons (Fsp3) is 0.571. The van der Waals surface area contributed by atoms with Crippen molar-refractivity contribution in [3.63, 3.8) is 0 Å². The molecule has 0 unspecified atom stereocenters. The topological polar surface area (TPSA) is 55.7 Å². The van der Waals surface area contributed by atoms with Crippen molar-refractivity contribution in [1.82, 2.24) is 0 Å². The van der Waals surface area contributed by atoms with Gasteiger partial charge in [-0.05, 0) is 13.8 Å². The first kappa shape index (κ1) is 9.25. The zero-order valence-electron chi connectivity index (χ0n) is 6.86. The van der Waals surface area contributed by atoms with Gasteiger partial charge in [-0.1, -0.05) is 11.8 Å². The van der Waals surface area contributed by atoms with Crippen LogP contribution >= 0.6 is 11.8 Å². The van der Waals surface area contributed by atoms with Gasteiger partial charge in [0.1, 0.15) is 0 Å². The summed E-state index contributed by atoms with van der Waals surface area (Å²) >= 11 is 1.15. The summed E-state index contributed by atoms with van der Waals surface area (Å²) in [6, 6.07) is 0. The average molecular weight is 187 g/mol. The number of aliphatic imine (C=N–C) groups is 1. The summed E-state index contributed by atoms with van der Waals surface area (Å²) in [7, 11) is 0. The van der Waals surface area contributed by atoms with E-state index in [0.717, 1.165) is 11.8 Å². The maximum atomic E-state index is 11.1. The number of hydrogen-bond acceptors (Lipinski definition) is 4. The van der Waals surface area contributed by atoms with E-state index in [1.807, 2.05) is 0 Å². The van der Waals surface area contributed by atoms with Crippen molar-refractivity contribution in [1.29, 1.82) is 0 Å². The van der Waals surface area contributed by atoms with E-state index < -0.39 is 17.1 Å². The fourth-order valence-corrected chi connectivity index (χ4v) is 1.63. The summed E-state index contributed by atoms with van der Waals surface area (Å²) in [6.45, 7) is 3.69. The largest absolute Gasteiger partial charge is 0.465 e. The lowest BCUT2D eigenvalue weighted by Gasteiger charge is -2.04. The quantitative estimate of drug-likeness (QED) is 0.469. The van der Waals surface area contributed by atoms with E-state index >= 15 is 0 Å². The van der Waals surface area contributed by atoms with Gasteiger partial charge in [-0.15, -0.1) is 0 Å². The van der Waals surface area contributed by atoms with Crippen LogP contribution in [0.25, 0.3) is 0 Å². The number of carbonyl (C=O) groups excluding carboxylic acids is 2. The fourth-order valence-electron chi connectivity index (χ4n) is 0.828. The van der Waals surface area contributed by atoms with Crippen molar-refractivity contribution >= 4 is 28.7 Å². The Bertz CT molecular complexity index is 249. The second kappa shape index (κ2) is 3.71. The molecule has 1 atom stereocenters. The van der Waals surface area contributed by atoms with E-state index in [9.17, 15) is 9.59 Å². The molecule has 0 aromatic rings. The molecule has 0 saturated heterocycles. The highest BCUT2D eigenvalue weighted by Crippen LogP contribution is 2.22. The Balaban J connectivity index is 2.57. The monoisotopic (exact) mass is 187 g/mol.